The third kappa shape index (κ3) is 6.07. The zero-order valence-corrected chi connectivity index (χ0v) is 10.6. The van der Waals surface area contributed by atoms with Crippen LogP contribution in [-0.4, -0.2) is 18.5 Å². The SMILES string of the molecule is Cl.NCCCC(=O)Nc1ccc(NC(N)=O)cc1. The molecule has 0 saturated heterocycles. The van der Waals surface area contributed by atoms with Gasteiger partial charge in [0.15, 0.2) is 0 Å². The maximum Gasteiger partial charge on any atom is 0.316 e. The van der Waals surface area contributed by atoms with Crippen LogP contribution in [0.3, 0.4) is 0 Å². The smallest absolute Gasteiger partial charge is 0.316 e. The van der Waals surface area contributed by atoms with Gasteiger partial charge in [0.25, 0.3) is 0 Å². The lowest BCUT2D eigenvalue weighted by Crippen LogP contribution is -2.19. The quantitative estimate of drug-likeness (QED) is 0.648. The van der Waals surface area contributed by atoms with Crippen molar-refractivity contribution in [3.8, 4) is 0 Å². The Morgan fingerprint density at radius 1 is 1.06 bits per heavy atom. The van der Waals surface area contributed by atoms with Gasteiger partial charge in [-0.05, 0) is 37.2 Å². The Hall–Kier alpha value is -1.79. The molecular weight excluding hydrogens is 256 g/mol. The topological polar surface area (TPSA) is 110 Å². The number of hydrogen-bond acceptors (Lipinski definition) is 3. The third-order valence-corrected chi connectivity index (χ3v) is 2.04. The lowest BCUT2D eigenvalue weighted by atomic mass is 10.2. The van der Waals surface area contributed by atoms with Crippen LogP contribution in [0.2, 0.25) is 0 Å². The van der Waals surface area contributed by atoms with E-state index in [1.165, 1.54) is 0 Å². The van der Waals surface area contributed by atoms with Crippen molar-refractivity contribution in [3.05, 3.63) is 24.3 Å². The van der Waals surface area contributed by atoms with Crippen LogP contribution < -0.4 is 22.1 Å². The monoisotopic (exact) mass is 272 g/mol. The highest BCUT2D eigenvalue weighted by molar-refractivity contribution is 5.91. The van der Waals surface area contributed by atoms with Gasteiger partial charge in [-0.2, -0.15) is 0 Å². The molecule has 0 aliphatic heterocycles. The Kier molecular flexibility index (Phi) is 7.50. The summed E-state index contributed by atoms with van der Waals surface area (Å²) < 4.78 is 0. The first-order valence-corrected chi connectivity index (χ1v) is 5.28. The van der Waals surface area contributed by atoms with Crippen molar-refractivity contribution in [1.29, 1.82) is 0 Å². The van der Waals surface area contributed by atoms with Gasteiger partial charge in [-0.15, -0.1) is 12.4 Å². The van der Waals surface area contributed by atoms with Gasteiger partial charge in [0, 0.05) is 17.8 Å². The molecule has 3 amide bonds. The van der Waals surface area contributed by atoms with Crippen molar-refractivity contribution < 1.29 is 9.59 Å². The molecule has 100 valence electrons. The lowest BCUT2D eigenvalue weighted by molar-refractivity contribution is -0.116. The Balaban J connectivity index is 0.00000289. The van der Waals surface area contributed by atoms with Gasteiger partial charge in [-0.1, -0.05) is 0 Å². The average Bonchev–Trinajstić information content (AvgIpc) is 2.28. The highest BCUT2D eigenvalue weighted by atomic mass is 35.5. The van der Waals surface area contributed by atoms with E-state index in [4.69, 9.17) is 11.5 Å². The third-order valence-electron chi connectivity index (χ3n) is 2.04. The number of rotatable bonds is 5. The van der Waals surface area contributed by atoms with Crippen LogP contribution in [0.1, 0.15) is 12.8 Å². The van der Waals surface area contributed by atoms with Crippen LogP contribution in [0, 0.1) is 0 Å². The van der Waals surface area contributed by atoms with Crippen molar-refractivity contribution in [3.63, 3.8) is 0 Å². The minimum Gasteiger partial charge on any atom is -0.351 e. The molecule has 0 fully saturated rings. The number of carbonyl (C=O) groups is 2. The number of urea groups is 1. The molecule has 1 aromatic carbocycles. The van der Waals surface area contributed by atoms with Gasteiger partial charge in [-0.25, -0.2) is 4.79 Å². The molecule has 0 bridgehead atoms. The van der Waals surface area contributed by atoms with Crippen molar-refractivity contribution in [2.24, 2.45) is 11.5 Å². The van der Waals surface area contributed by atoms with Crippen LogP contribution in [0.5, 0.6) is 0 Å². The molecule has 1 rings (SSSR count). The average molecular weight is 273 g/mol. The van der Waals surface area contributed by atoms with Crippen LogP contribution in [-0.2, 0) is 4.79 Å². The number of halogens is 1. The molecule has 0 saturated carbocycles. The van der Waals surface area contributed by atoms with Gasteiger partial charge < -0.3 is 22.1 Å². The predicted molar refractivity (Wildman–Crippen MR) is 73.8 cm³/mol. The number of carbonyl (C=O) groups excluding carboxylic acids is 2. The van der Waals surface area contributed by atoms with Crippen LogP contribution in [0.25, 0.3) is 0 Å². The van der Waals surface area contributed by atoms with E-state index < -0.39 is 6.03 Å². The fourth-order valence-electron chi connectivity index (χ4n) is 1.27. The highest BCUT2D eigenvalue weighted by Gasteiger charge is 2.02. The van der Waals surface area contributed by atoms with E-state index in [0.717, 1.165) is 0 Å². The molecule has 18 heavy (non-hydrogen) atoms. The zero-order chi connectivity index (χ0) is 12.7. The van der Waals surface area contributed by atoms with E-state index in [0.29, 0.717) is 30.8 Å². The van der Waals surface area contributed by atoms with E-state index >= 15 is 0 Å². The first kappa shape index (κ1) is 16.2. The number of benzene rings is 1. The lowest BCUT2D eigenvalue weighted by Gasteiger charge is -2.06. The van der Waals surface area contributed by atoms with E-state index in [2.05, 4.69) is 10.6 Å². The summed E-state index contributed by atoms with van der Waals surface area (Å²) >= 11 is 0. The highest BCUT2D eigenvalue weighted by Crippen LogP contribution is 2.13. The summed E-state index contributed by atoms with van der Waals surface area (Å²) in [7, 11) is 0. The summed E-state index contributed by atoms with van der Waals surface area (Å²) in [6.45, 7) is 0.495. The maximum atomic E-state index is 11.4. The molecule has 1 aromatic rings. The van der Waals surface area contributed by atoms with Crippen molar-refractivity contribution in [1.82, 2.24) is 0 Å². The largest absolute Gasteiger partial charge is 0.351 e. The second kappa shape index (κ2) is 8.32. The summed E-state index contributed by atoms with van der Waals surface area (Å²) in [5.41, 5.74) is 11.5. The van der Waals surface area contributed by atoms with Crippen LogP contribution in [0.4, 0.5) is 16.2 Å². The standard InChI is InChI=1S/C11H16N4O2.ClH/c12-7-1-2-10(16)14-8-3-5-9(6-4-8)15-11(13)17;/h3-6H,1-2,7,12H2,(H,14,16)(H3,13,15,17);1H. The van der Waals surface area contributed by atoms with Gasteiger partial charge in [0.1, 0.15) is 0 Å². The number of nitrogens with two attached hydrogens (primary N) is 2. The summed E-state index contributed by atoms with van der Waals surface area (Å²) in [6.07, 6.45) is 1.06. The molecule has 0 aromatic heterocycles. The molecular formula is C11H17ClN4O2. The fraction of sp³-hybridized carbons (Fsp3) is 0.273. The molecule has 7 heteroatoms. The molecule has 0 aliphatic rings. The summed E-state index contributed by atoms with van der Waals surface area (Å²) in [6, 6.07) is 6.06. The Morgan fingerprint density at radius 2 is 1.56 bits per heavy atom. The summed E-state index contributed by atoms with van der Waals surface area (Å²) in [5.74, 6) is -0.0777. The fourth-order valence-corrected chi connectivity index (χ4v) is 1.27. The second-order valence-corrected chi connectivity index (χ2v) is 3.51. The van der Waals surface area contributed by atoms with E-state index in [-0.39, 0.29) is 18.3 Å². The number of amides is 3. The van der Waals surface area contributed by atoms with E-state index in [9.17, 15) is 9.59 Å². The number of primary amides is 1. The summed E-state index contributed by atoms with van der Waals surface area (Å²) in [4.78, 5) is 22.0. The predicted octanol–water partition coefficient (Wildman–Crippen LogP) is 1.28. The van der Waals surface area contributed by atoms with Gasteiger partial charge in [0.05, 0.1) is 0 Å². The van der Waals surface area contributed by atoms with Crippen molar-refractivity contribution in [2.45, 2.75) is 12.8 Å². The van der Waals surface area contributed by atoms with Crippen molar-refractivity contribution >= 4 is 35.7 Å². The number of nitrogens with one attached hydrogen (secondary N) is 2. The van der Waals surface area contributed by atoms with Gasteiger partial charge in [-0.3, -0.25) is 4.79 Å². The zero-order valence-electron chi connectivity index (χ0n) is 9.81. The normalized spacial score (nSPS) is 9.17. The molecule has 0 heterocycles. The van der Waals surface area contributed by atoms with Crippen LogP contribution in [0.15, 0.2) is 24.3 Å². The number of anilines is 2. The van der Waals surface area contributed by atoms with Gasteiger partial charge in [0.2, 0.25) is 5.91 Å². The molecule has 0 unspecified atom stereocenters. The Bertz CT molecular complexity index is 395. The molecule has 6 N–H and O–H groups in total. The summed E-state index contributed by atoms with van der Waals surface area (Å²) in [5, 5.41) is 5.15. The molecule has 6 nitrogen and oxygen atoms in total. The minimum atomic E-state index is -0.621. The molecule has 0 atom stereocenters. The maximum absolute atomic E-state index is 11.4. The van der Waals surface area contributed by atoms with E-state index in [1.54, 1.807) is 24.3 Å². The van der Waals surface area contributed by atoms with E-state index in [1.807, 2.05) is 0 Å². The Labute approximate surface area is 112 Å². The first-order valence-electron chi connectivity index (χ1n) is 5.28. The number of hydrogen-bond donors (Lipinski definition) is 4. The van der Waals surface area contributed by atoms with Crippen LogP contribution >= 0.6 is 12.4 Å². The Morgan fingerprint density at radius 3 is 2.00 bits per heavy atom. The van der Waals surface area contributed by atoms with Crippen molar-refractivity contribution in [2.75, 3.05) is 17.2 Å². The molecule has 0 spiro atoms. The second-order valence-electron chi connectivity index (χ2n) is 3.51. The molecule has 0 aliphatic carbocycles. The first-order chi connectivity index (χ1) is 8.11. The minimum absolute atomic E-state index is 0. The van der Waals surface area contributed by atoms with Gasteiger partial charge >= 0.3 is 6.03 Å². The molecule has 0 radical (unpaired) electrons.